The molecule has 0 radical (unpaired) electrons. The van der Waals surface area contributed by atoms with Gasteiger partial charge in [-0.3, -0.25) is 4.79 Å². The molecule has 0 aliphatic carbocycles. The van der Waals surface area contributed by atoms with Gasteiger partial charge in [0.1, 0.15) is 0 Å². The van der Waals surface area contributed by atoms with Crippen LogP contribution in [-0.4, -0.2) is 22.8 Å². The predicted molar refractivity (Wildman–Crippen MR) is 76.0 cm³/mol. The first kappa shape index (κ1) is 13.3. The molecule has 96 valence electrons. The average molecular weight is 302 g/mol. The largest absolute Gasteiger partial charge is 0.375 e. The highest BCUT2D eigenvalue weighted by atomic mass is 35.5. The number of thiazole rings is 1. The van der Waals surface area contributed by atoms with E-state index >= 15 is 0 Å². The summed E-state index contributed by atoms with van der Waals surface area (Å²) in [6.45, 7) is 0.565. The summed E-state index contributed by atoms with van der Waals surface area (Å²) in [6.07, 6.45) is 0.281. The maximum atomic E-state index is 12.0. The Labute approximate surface area is 118 Å². The molecule has 2 aromatic rings. The lowest BCUT2D eigenvalue weighted by atomic mass is 10.3. The highest BCUT2D eigenvalue weighted by Crippen LogP contribution is 2.22. The third-order valence-electron chi connectivity index (χ3n) is 2.35. The summed E-state index contributed by atoms with van der Waals surface area (Å²) in [4.78, 5) is 18.8. The summed E-state index contributed by atoms with van der Waals surface area (Å²) in [7, 11) is 1.77. The summed E-state index contributed by atoms with van der Waals surface area (Å²) in [6, 6.07) is 3.76. The summed E-state index contributed by atoms with van der Waals surface area (Å²) >= 11 is 8.68. The first-order chi connectivity index (χ1) is 8.54. The van der Waals surface area contributed by atoms with E-state index in [4.69, 9.17) is 17.3 Å². The zero-order valence-electron chi connectivity index (χ0n) is 9.72. The van der Waals surface area contributed by atoms with E-state index in [-0.39, 0.29) is 12.3 Å². The number of hydrogen-bond donors (Lipinski definition) is 1. The first-order valence-electron chi connectivity index (χ1n) is 5.22. The fraction of sp³-hybridized carbons (Fsp3) is 0.273. The summed E-state index contributed by atoms with van der Waals surface area (Å²) in [5, 5.41) is 2.30. The van der Waals surface area contributed by atoms with Crippen LogP contribution in [0.4, 0.5) is 5.13 Å². The van der Waals surface area contributed by atoms with Crippen molar-refractivity contribution in [3.05, 3.63) is 32.4 Å². The van der Waals surface area contributed by atoms with E-state index in [0.717, 1.165) is 14.9 Å². The van der Waals surface area contributed by atoms with Gasteiger partial charge in [-0.1, -0.05) is 11.6 Å². The molecular weight excluding hydrogens is 290 g/mol. The van der Waals surface area contributed by atoms with Crippen LogP contribution in [0.25, 0.3) is 0 Å². The summed E-state index contributed by atoms with van der Waals surface area (Å²) < 4.78 is 0.734. The van der Waals surface area contributed by atoms with Gasteiger partial charge in [0, 0.05) is 17.3 Å². The molecule has 7 heteroatoms. The molecule has 0 aliphatic rings. The predicted octanol–water partition coefficient (Wildman–Crippen LogP) is 2.64. The van der Waals surface area contributed by atoms with Crippen molar-refractivity contribution < 1.29 is 4.79 Å². The Balaban J connectivity index is 1.92. The fourth-order valence-electron chi connectivity index (χ4n) is 1.45. The Hall–Kier alpha value is -1.11. The highest BCUT2D eigenvalue weighted by molar-refractivity contribution is 7.16. The number of thiophene rings is 1. The molecule has 2 rings (SSSR count). The number of carbonyl (C=O) groups is 1. The van der Waals surface area contributed by atoms with Gasteiger partial charge in [0.2, 0.25) is 5.91 Å². The molecule has 2 aromatic heterocycles. The number of nitrogens with two attached hydrogens (primary N) is 1. The van der Waals surface area contributed by atoms with Crippen molar-refractivity contribution in [3.8, 4) is 0 Å². The van der Waals surface area contributed by atoms with Crippen LogP contribution >= 0.6 is 34.3 Å². The van der Waals surface area contributed by atoms with Gasteiger partial charge in [-0.15, -0.1) is 22.7 Å². The number of carbonyl (C=O) groups excluding carboxylic acids is 1. The first-order valence-corrected chi connectivity index (χ1v) is 7.30. The molecule has 0 saturated carbocycles. The Morgan fingerprint density at radius 1 is 1.56 bits per heavy atom. The van der Waals surface area contributed by atoms with Crippen molar-refractivity contribution in [2.75, 3.05) is 12.8 Å². The van der Waals surface area contributed by atoms with Crippen LogP contribution in [0.2, 0.25) is 4.34 Å². The van der Waals surface area contributed by atoms with Gasteiger partial charge in [0.15, 0.2) is 5.13 Å². The Kier molecular flexibility index (Phi) is 4.21. The number of halogens is 1. The number of anilines is 1. The minimum absolute atomic E-state index is 0.0184. The van der Waals surface area contributed by atoms with Gasteiger partial charge in [0.05, 0.1) is 23.0 Å². The van der Waals surface area contributed by atoms with Crippen LogP contribution < -0.4 is 5.73 Å². The topological polar surface area (TPSA) is 59.2 Å². The molecular formula is C11H12ClN3OS2. The highest BCUT2D eigenvalue weighted by Gasteiger charge is 2.13. The normalized spacial score (nSPS) is 10.6. The quantitative estimate of drug-likeness (QED) is 0.944. The van der Waals surface area contributed by atoms with E-state index in [2.05, 4.69) is 4.98 Å². The molecule has 0 bridgehead atoms. The molecule has 0 aromatic carbocycles. The van der Waals surface area contributed by atoms with Crippen molar-refractivity contribution in [3.63, 3.8) is 0 Å². The summed E-state index contributed by atoms with van der Waals surface area (Å²) in [5.74, 6) is 0.0184. The lowest BCUT2D eigenvalue weighted by molar-refractivity contribution is -0.129. The van der Waals surface area contributed by atoms with Gasteiger partial charge in [-0.25, -0.2) is 4.98 Å². The number of aromatic nitrogens is 1. The third kappa shape index (κ3) is 3.44. The molecule has 0 saturated heterocycles. The van der Waals surface area contributed by atoms with E-state index in [1.807, 2.05) is 17.5 Å². The molecule has 2 N–H and O–H groups in total. The second-order valence-electron chi connectivity index (χ2n) is 3.81. The van der Waals surface area contributed by atoms with Crippen LogP contribution in [0.3, 0.4) is 0 Å². The van der Waals surface area contributed by atoms with Crippen LogP contribution in [0.1, 0.15) is 10.6 Å². The monoisotopic (exact) mass is 301 g/mol. The molecule has 0 atom stereocenters. The van der Waals surface area contributed by atoms with Gasteiger partial charge in [-0.2, -0.15) is 0 Å². The number of hydrogen-bond acceptors (Lipinski definition) is 5. The minimum atomic E-state index is 0.0184. The van der Waals surface area contributed by atoms with Gasteiger partial charge in [0.25, 0.3) is 0 Å². The third-order valence-corrected chi connectivity index (χ3v) is 4.29. The van der Waals surface area contributed by atoms with Crippen molar-refractivity contribution in [2.45, 2.75) is 13.0 Å². The Bertz CT molecular complexity index is 552. The zero-order valence-corrected chi connectivity index (χ0v) is 12.1. The smallest absolute Gasteiger partial charge is 0.228 e. The molecule has 4 nitrogen and oxygen atoms in total. The minimum Gasteiger partial charge on any atom is -0.375 e. The molecule has 0 unspecified atom stereocenters. The number of rotatable bonds is 4. The SMILES string of the molecule is CN(Cc1ccc(Cl)s1)C(=O)Cc1csc(N)n1. The lowest BCUT2D eigenvalue weighted by Gasteiger charge is -2.15. The second-order valence-corrected chi connectivity index (χ2v) is 6.50. The van der Waals surface area contributed by atoms with Crippen LogP contribution in [-0.2, 0) is 17.8 Å². The molecule has 2 heterocycles. The number of nitrogen functional groups attached to an aromatic ring is 1. The second kappa shape index (κ2) is 5.69. The average Bonchev–Trinajstić information content (AvgIpc) is 2.88. The molecule has 0 fully saturated rings. The standard InChI is InChI=1S/C11H12ClN3OS2/c1-15(5-8-2-3-9(12)18-8)10(16)4-7-6-17-11(13)14-7/h2-3,6H,4-5H2,1H3,(H2,13,14). The Morgan fingerprint density at radius 3 is 2.89 bits per heavy atom. The Morgan fingerprint density at radius 2 is 2.33 bits per heavy atom. The van der Waals surface area contributed by atoms with Crippen molar-refractivity contribution >= 4 is 45.3 Å². The van der Waals surface area contributed by atoms with E-state index in [1.54, 1.807) is 11.9 Å². The van der Waals surface area contributed by atoms with Crippen LogP contribution in [0.15, 0.2) is 17.5 Å². The van der Waals surface area contributed by atoms with Crippen LogP contribution in [0.5, 0.6) is 0 Å². The summed E-state index contributed by atoms with van der Waals surface area (Å²) in [5.41, 5.74) is 6.25. The van der Waals surface area contributed by atoms with Gasteiger partial charge < -0.3 is 10.6 Å². The molecule has 18 heavy (non-hydrogen) atoms. The van der Waals surface area contributed by atoms with E-state index in [0.29, 0.717) is 11.7 Å². The fourth-order valence-corrected chi connectivity index (χ4v) is 3.16. The van der Waals surface area contributed by atoms with Crippen molar-refractivity contribution in [1.82, 2.24) is 9.88 Å². The van der Waals surface area contributed by atoms with Crippen molar-refractivity contribution in [2.24, 2.45) is 0 Å². The number of amides is 1. The molecule has 1 amide bonds. The van der Waals surface area contributed by atoms with Gasteiger partial charge in [-0.05, 0) is 12.1 Å². The van der Waals surface area contributed by atoms with Crippen molar-refractivity contribution in [1.29, 1.82) is 0 Å². The van der Waals surface area contributed by atoms with Crippen LogP contribution in [0, 0.1) is 0 Å². The maximum Gasteiger partial charge on any atom is 0.228 e. The lowest BCUT2D eigenvalue weighted by Crippen LogP contribution is -2.27. The van der Waals surface area contributed by atoms with E-state index in [9.17, 15) is 4.79 Å². The molecule has 0 spiro atoms. The number of nitrogens with zero attached hydrogens (tertiary/aromatic N) is 2. The number of likely N-dealkylation sites (N-methyl/N-ethyl adjacent to an activating group) is 1. The van der Waals surface area contributed by atoms with Gasteiger partial charge >= 0.3 is 0 Å². The maximum absolute atomic E-state index is 12.0. The molecule has 0 aliphatic heterocycles. The van der Waals surface area contributed by atoms with E-state index < -0.39 is 0 Å². The zero-order chi connectivity index (χ0) is 13.1. The van der Waals surface area contributed by atoms with E-state index in [1.165, 1.54) is 22.7 Å².